The lowest BCUT2D eigenvalue weighted by molar-refractivity contribution is -0.145. The topological polar surface area (TPSA) is 37.4 Å². The summed E-state index contributed by atoms with van der Waals surface area (Å²) in [4.78, 5) is 27.3. The Kier molecular flexibility index (Phi) is 3.93. The van der Waals surface area contributed by atoms with Crippen molar-refractivity contribution in [1.29, 1.82) is 0 Å². The molecule has 0 N–H and O–H groups in total. The van der Waals surface area contributed by atoms with E-state index >= 15 is 0 Å². The zero-order valence-corrected chi connectivity index (χ0v) is 15.9. The Bertz CT molecular complexity index is 706. The van der Waals surface area contributed by atoms with Crippen molar-refractivity contribution in [2.45, 2.75) is 51.4 Å². The van der Waals surface area contributed by atoms with Gasteiger partial charge in [0, 0.05) is 18.0 Å². The van der Waals surface area contributed by atoms with Crippen molar-refractivity contribution in [3.8, 4) is 0 Å². The monoisotopic (exact) mass is 371 g/mol. The number of carbonyl (C=O) groups excluding carboxylic acids is 2. The van der Waals surface area contributed by atoms with Crippen LogP contribution in [0.25, 0.3) is 0 Å². The van der Waals surface area contributed by atoms with Crippen LogP contribution < -0.4 is 0 Å². The van der Waals surface area contributed by atoms with Gasteiger partial charge in [-0.15, -0.1) is 0 Å². The second-order valence-corrected chi connectivity index (χ2v) is 9.90. The van der Waals surface area contributed by atoms with Crippen molar-refractivity contribution in [3.63, 3.8) is 0 Å². The lowest BCUT2D eigenvalue weighted by Crippen LogP contribution is -2.52. The Morgan fingerprint density at radius 3 is 2.12 bits per heavy atom. The molecule has 4 heteroatoms. The van der Waals surface area contributed by atoms with E-state index in [1.165, 1.54) is 38.5 Å². The molecule has 5 fully saturated rings. The molecule has 0 unspecified atom stereocenters. The molecule has 1 atom stereocenters. The van der Waals surface area contributed by atoms with E-state index in [2.05, 4.69) is 0 Å². The summed E-state index contributed by atoms with van der Waals surface area (Å²) in [6, 6.07) is 7.63. The maximum absolute atomic E-state index is 13.0. The van der Waals surface area contributed by atoms with E-state index < -0.39 is 0 Å². The van der Waals surface area contributed by atoms with Crippen molar-refractivity contribution in [3.05, 3.63) is 34.9 Å². The Morgan fingerprint density at radius 1 is 0.962 bits per heavy atom. The molecule has 5 aliphatic rings. The van der Waals surface area contributed by atoms with Crippen molar-refractivity contribution in [2.24, 2.45) is 29.1 Å². The van der Waals surface area contributed by atoms with E-state index in [9.17, 15) is 9.59 Å². The van der Waals surface area contributed by atoms with E-state index in [4.69, 9.17) is 11.6 Å². The summed E-state index contributed by atoms with van der Waals surface area (Å²) in [5, 5.41) is 0.700. The molecule has 0 spiro atoms. The molecule has 138 valence electrons. The fourth-order valence-corrected chi connectivity index (χ4v) is 6.93. The molecule has 1 aromatic carbocycles. The number of imide groups is 1. The molecule has 0 radical (unpaired) electrons. The van der Waals surface area contributed by atoms with Crippen LogP contribution in [0.2, 0.25) is 5.02 Å². The lowest BCUT2D eigenvalue weighted by Gasteiger charge is -2.57. The first-order chi connectivity index (χ1) is 12.5. The predicted octanol–water partition coefficient (Wildman–Crippen LogP) is 4.47. The van der Waals surface area contributed by atoms with Gasteiger partial charge in [-0.1, -0.05) is 23.7 Å². The molecule has 4 saturated carbocycles. The zero-order chi connectivity index (χ0) is 17.9. The number of rotatable bonds is 4. The van der Waals surface area contributed by atoms with Crippen molar-refractivity contribution < 1.29 is 9.59 Å². The van der Waals surface area contributed by atoms with E-state index in [0.29, 0.717) is 24.4 Å². The molecule has 1 aromatic rings. The van der Waals surface area contributed by atoms with Crippen LogP contribution in [0, 0.1) is 29.1 Å². The molecule has 1 aliphatic heterocycles. The van der Waals surface area contributed by atoms with E-state index in [0.717, 1.165) is 23.3 Å². The Hall–Kier alpha value is -1.35. The van der Waals surface area contributed by atoms with Crippen molar-refractivity contribution in [2.75, 3.05) is 6.54 Å². The van der Waals surface area contributed by atoms with Crippen LogP contribution in [0.5, 0.6) is 0 Å². The highest BCUT2D eigenvalue weighted by Crippen LogP contribution is 2.60. The molecule has 1 heterocycles. The average Bonchev–Trinajstić information content (AvgIpc) is 2.83. The quantitative estimate of drug-likeness (QED) is 0.732. The second-order valence-electron chi connectivity index (χ2n) is 9.47. The van der Waals surface area contributed by atoms with Gasteiger partial charge in [0.25, 0.3) is 0 Å². The van der Waals surface area contributed by atoms with Crippen LogP contribution in [0.3, 0.4) is 0 Å². The van der Waals surface area contributed by atoms with Crippen LogP contribution in [0.4, 0.5) is 0 Å². The van der Waals surface area contributed by atoms with Crippen molar-refractivity contribution in [1.82, 2.24) is 4.90 Å². The third-order valence-electron chi connectivity index (χ3n) is 7.39. The fraction of sp³-hybridized carbons (Fsp3) is 0.636. The highest BCUT2D eigenvalue weighted by atomic mass is 35.5. The smallest absolute Gasteiger partial charge is 0.233 e. The average molecular weight is 372 g/mol. The number of benzene rings is 1. The molecule has 26 heavy (non-hydrogen) atoms. The normalized spacial score (nSPS) is 38.4. The predicted molar refractivity (Wildman–Crippen MR) is 101 cm³/mol. The van der Waals surface area contributed by atoms with Crippen LogP contribution in [-0.4, -0.2) is 23.3 Å². The highest BCUT2D eigenvalue weighted by molar-refractivity contribution is 6.30. The van der Waals surface area contributed by atoms with Gasteiger partial charge < -0.3 is 0 Å². The number of likely N-dealkylation sites (tertiary alicyclic amines) is 1. The minimum Gasteiger partial charge on any atom is -0.282 e. The molecule has 4 aliphatic carbocycles. The van der Waals surface area contributed by atoms with Gasteiger partial charge in [-0.2, -0.15) is 0 Å². The van der Waals surface area contributed by atoms with Crippen LogP contribution in [-0.2, 0) is 16.0 Å². The van der Waals surface area contributed by atoms with Crippen LogP contribution in [0.1, 0.15) is 50.5 Å². The van der Waals surface area contributed by atoms with Gasteiger partial charge in [-0.3, -0.25) is 14.5 Å². The van der Waals surface area contributed by atoms with Gasteiger partial charge in [-0.25, -0.2) is 0 Å². The Balaban J connectivity index is 1.30. The fourth-order valence-electron chi connectivity index (χ4n) is 6.80. The molecule has 6 rings (SSSR count). The molecular formula is C22H26ClNO2. The molecular weight excluding hydrogens is 346 g/mol. The van der Waals surface area contributed by atoms with Crippen molar-refractivity contribution >= 4 is 23.4 Å². The van der Waals surface area contributed by atoms with E-state index in [-0.39, 0.29) is 23.1 Å². The summed E-state index contributed by atoms with van der Waals surface area (Å²) >= 11 is 5.95. The summed E-state index contributed by atoms with van der Waals surface area (Å²) in [5.41, 5.74) is 1.31. The number of hydrogen-bond donors (Lipinski definition) is 0. The van der Waals surface area contributed by atoms with Crippen LogP contribution >= 0.6 is 11.6 Å². The number of amides is 2. The van der Waals surface area contributed by atoms with E-state index in [1.54, 1.807) is 4.90 Å². The van der Waals surface area contributed by atoms with Gasteiger partial charge in [0.2, 0.25) is 11.8 Å². The number of nitrogens with zero attached hydrogens (tertiary/aromatic N) is 1. The maximum atomic E-state index is 13.0. The van der Waals surface area contributed by atoms with Gasteiger partial charge >= 0.3 is 0 Å². The first-order valence-electron chi connectivity index (χ1n) is 10.1. The molecule has 4 bridgehead atoms. The number of hydrogen-bond acceptors (Lipinski definition) is 2. The van der Waals surface area contributed by atoms with Gasteiger partial charge in [0.1, 0.15) is 0 Å². The highest BCUT2D eigenvalue weighted by Gasteiger charge is 2.53. The third-order valence-corrected chi connectivity index (χ3v) is 7.64. The maximum Gasteiger partial charge on any atom is 0.233 e. The molecule has 2 amide bonds. The Morgan fingerprint density at radius 2 is 1.54 bits per heavy atom. The summed E-state index contributed by atoms with van der Waals surface area (Å²) in [7, 11) is 0. The lowest BCUT2D eigenvalue weighted by atomic mass is 9.49. The summed E-state index contributed by atoms with van der Waals surface area (Å²) in [6.07, 6.45) is 8.88. The van der Waals surface area contributed by atoms with Crippen LogP contribution in [0.15, 0.2) is 24.3 Å². The van der Waals surface area contributed by atoms with Gasteiger partial charge in [0.05, 0.1) is 5.92 Å². The number of carbonyl (C=O) groups is 2. The standard InChI is InChI=1S/C22H26ClNO2/c23-19-3-1-14(2-4-19)8-18-9-20(25)24(21(18)26)13-22-10-15-5-16(11-22)7-17(6-15)12-22/h1-4,15-18H,5-13H2/t15?,16?,17?,18-,22?/m1/s1. The second kappa shape index (κ2) is 6.09. The van der Waals surface area contributed by atoms with E-state index in [1.807, 2.05) is 24.3 Å². The third kappa shape index (κ3) is 2.89. The first-order valence-corrected chi connectivity index (χ1v) is 10.5. The summed E-state index contributed by atoms with van der Waals surface area (Å²) in [6.45, 7) is 0.686. The summed E-state index contributed by atoms with van der Waals surface area (Å²) < 4.78 is 0. The Labute approximate surface area is 160 Å². The summed E-state index contributed by atoms with van der Waals surface area (Å²) in [5.74, 6) is 2.44. The largest absolute Gasteiger partial charge is 0.282 e. The van der Waals surface area contributed by atoms with Gasteiger partial charge in [0.15, 0.2) is 0 Å². The SMILES string of the molecule is O=C1C[C@@H](Cc2ccc(Cl)cc2)C(=O)N1CC12CC3CC(CC(C3)C1)C2. The minimum atomic E-state index is -0.197. The molecule has 1 saturated heterocycles. The number of halogens is 1. The zero-order valence-electron chi connectivity index (χ0n) is 15.1. The molecule has 0 aromatic heterocycles. The van der Waals surface area contributed by atoms with Gasteiger partial charge in [-0.05, 0) is 85.8 Å². The molecule has 3 nitrogen and oxygen atoms in total. The first kappa shape index (κ1) is 16.8. The minimum absolute atomic E-state index is 0.0460.